The van der Waals surface area contributed by atoms with Gasteiger partial charge in [-0.3, -0.25) is 9.80 Å². The number of rotatable bonds is 3. The molecule has 2 fully saturated rings. The molecule has 118 valence electrons. The number of nitrogens with zero attached hydrogens (tertiary/aromatic N) is 3. The van der Waals surface area contributed by atoms with Gasteiger partial charge in [0.2, 0.25) is 0 Å². The molecule has 2 rings (SSSR count). The molecule has 3 heteroatoms. The van der Waals surface area contributed by atoms with E-state index in [1.54, 1.807) is 0 Å². The van der Waals surface area contributed by atoms with Crippen molar-refractivity contribution in [2.24, 2.45) is 5.92 Å². The van der Waals surface area contributed by atoms with Crippen molar-refractivity contribution in [3.63, 3.8) is 0 Å². The Balaban J connectivity index is 1.69. The fourth-order valence-corrected chi connectivity index (χ4v) is 3.61. The van der Waals surface area contributed by atoms with Gasteiger partial charge in [0.05, 0.1) is 0 Å². The first kappa shape index (κ1) is 16.3. The van der Waals surface area contributed by atoms with Gasteiger partial charge in [-0.25, -0.2) is 0 Å². The van der Waals surface area contributed by atoms with Gasteiger partial charge in [-0.1, -0.05) is 0 Å². The van der Waals surface area contributed by atoms with Crippen LogP contribution in [0.1, 0.15) is 47.5 Å². The zero-order chi connectivity index (χ0) is 14.8. The minimum absolute atomic E-state index is 0.355. The SMILES string of the molecule is CC(C)N1CCN(CC2CCN(C(C)(C)C)CC2)CC1. The lowest BCUT2D eigenvalue weighted by Crippen LogP contribution is -2.51. The normalized spacial score (nSPS) is 25.5. The minimum Gasteiger partial charge on any atom is -0.301 e. The van der Waals surface area contributed by atoms with Crippen molar-refractivity contribution in [3.05, 3.63) is 0 Å². The minimum atomic E-state index is 0.355. The molecule has 2 heterocycles. The first-order valence-electron chi connectivity index (χ1n) is 8.57. The molecule has 0 saturated carbocycles. The Morgan fingerprint density at radius 1 is 0.900 bits per heavy atom. The highest BCUT2D eigenvalue weighted by atomic mass is 15.3. The summed E-state index contributed by atoms with van der Waals surface area (Å²) in [6.07, 6.45) is 2.78. The maximum atomic E-state index is 2.70. The third-order valence-corrected chi connectivity index (χ3v) is 5.22. The lowest BCUT2D eigenvalue weighted by Gasteiger charge is -2.43. The zero-order valence-corrected chi connectivity index (χ0v) is 14.4. The Morgan fingerprint density at radius 2 is 1.45 bits per heavy atom. The standard InChI is InChI=1S/C17H35N3/c1-15(2)19-12-10-18(11-13-19)14-16-6-8-20(9-7-16)17(3,4)5/h15-16H,6-14H2,1-5H3. The van der Waals surface area contributed by atoms with Crippen LogP contribution in [0.2, 0.25) is 0 Å². The number of piperazine rings is 1. The number of hydrogen-bond acceptors (Lipinski definition) is 3. The van der Waals surface area contributed by atoms with Gasteiger partial charge in [-0.05, 0) is 66.5 Å². The van der Waals surface area contributed by atoms with Gasteiger partial charge in [0, 0.05) is 44.3 Å². The van der Waals surface area contributed by atoms with Gasteiger partial charge in [0.1, 0.15) is 0 Å². The molecular formula is C17H35N3. The first-order valence-corrected chi connectivity index (χ1v) is 8.57. The summed E-state index contributed by atoms with van der Waals surface area (Å²) in [5.74, 6) is 0.930. The second-order valence-corrected chi connectivity index (χ2v) is 8.03. The molecule has 0 aromatic carbocycles. The van der Waals surface area contributed by atoms with Crippen molar-refractivity contribution in [3.8, 4) is 0 Å². The molecule has 0 unspecified atom stereocenters. The van der Waals surface area contributed by atoms with Crippen LogP contribution in [0.3, 0.4) is 0 Å². The summed E-state index contributed by atoms with van der Waals surface area (Å²) in [4.78, 5) is 7.97. The van der Waals surface area contributed by atoms with Crippen LogP contribution in [-0.2, 0) is 0 Å². The summed E-state index contributed by atoms with van der Waals surface area (Å²) < 4.78 is 0. The summed E-state index contributed by atoms with van der Waals surface area (Å²) in [6.45, 7) is 20.7. The Morgan fingerprint density at radius 3 is 1.90 bits per heavy atom. The lowest BCUT2D eigenvalue weighted by molar-refractivity contribution is 0.0562. The smallest absolute Gasteiger partial charge is 0.0125 e. The Hall–Kier alpha value is -0.120. The van der Waals surface area contributed by atoms with Crippen molar-refractivity contribution < 1.29 is 0 Å². The fraction of sp³-hybridized carbons (Fsp3) is 1.00. The van der Waals surface area contributed by atoms with E-state index in [0.717, 1.165) is 5.92 Å². The van der Waals surface area contributed by atoms with E-state index in [2.05, 4.69) is 49.3 Å². The summed E-state index contributed by atoms with van der Waals surface area (Å²) >= 11 is 0. The molecule has 2 saturated heterocycles. The molecule has 20 heavy (non-hydrogen) atoms. The lowest BCUT2D eigenvalue weighted by atomic mass is 9.92. The molecule has 0 bridgehead atoms. The molecule has 0 aromatic heterocycles. The van der Waals surface area contributed by atoms with Crippen molar-refractivity contribution in [1.82, 2.24) is 14.7 Å². The van der Waals surface area contributed by atoms with Gasteiger partial charge in [0.15, 0.2) is 0 Å². The molecule has 2 aliphatic rings. The number of likely N-dealkylation sites (tertiary alicyclic amines) is 1. The average Bonchev–Trinajstić information content (AvgIpc) is 2.39. The molecular weight excluding hydrogens is 246 g/mol. The second-order valence-electron chi connectivity index (χ2n) is 8.03. The van der Waals surface area contributed by atoms with Crippen LogP contribution >= 0.6 is 0 Å². The maximum absolute atomic E-state index is 2.70. The predicted octanol–water partition coefficient (Wildman–Crippen LogP) is 2.52. The quantitative estimate of drug-likeness (QED) is 0.787. The third-order valence-electron chi connectivity index (χ3n) is 5.22. The topological polar surface area (TPSA) is 9.72 Å². The van der Waals surface area contributed by atoms with Crippen LogP contribution in [0.4, 0.5) is 0 Å². The second kappa shape index (κ2) is 6.76. The van der Waals surface area contributed by atoms with Crippen LogP contribution < -0.4 is 0 Å². The van der Waals surface area contributed by atoms with Crippen LogP contribution in [0.15, 0.2) is 0 Å². The highest BCUT2D eigenvalue weighted by Gasteiger charge is 2.28. The van der Waals surface area contributed by atoms with Crippen molar-refractivity contribution in [2.75, 3.05) is 45.8 Å². The van der Waals surface area contributed by atoms with E-state index in [0.29, 0.717) is 11.6 Å². The van der Waals surface area contributed by atoms with Crippen LogP contribution in [0.5, 0.6) is 0 Å². The highest BCUT2D eigenvalue weighted by molar-refractivity contribution is 4.84. The highest BCUT2D eigenvalue weighted by Crippen LogP contribution is 2.24. The van der Waals surface area contributed by atoms with Crippen molar-refractivity contribution >= 4 is 0 Å². The van der Waals surface area contributed by atoms with Crippen LogP contribution in [0, 0.1) is 5.92 Å². The Bertz CT molecular complexity index is 279. The van der Waals surface area contributed by atoms with Crippen LogP contribution in [-0.4, -0.2) is 72.1 Å². The molecule has 0 aromatic rings. The van der Waals surface area contributed by atoms with E-state index in [9.17, 15) is 0 Å². The van der Waals surface area contributed by atoms with Gasteiger partial charge in [0.25, 0.3) is 0 Å². The average molecular weight is 281 g/mol. The summed E-state index contributed by atoms with van der Waals surface area (Å²) in [6, 6.07) is 0.715. The van der Waals surface area contributed by atoms with Crippen LogP contribution in [0.25, 0.3) is 0 Å². The summed E-state index contributed by atoms with van der Waals surface area (Å²) in [5, 5.41) is 0. The van der Waals surface area contributed by atoms with E-state index < -0.39 is 0 Å². The molecule has 0 aliphatic carbocycles. The van der Waals surface area contributed by atoms with Gasteiger partial charge in [-0.2, -0.15) is 0 Å². The molecule has 2 aliphatic heterocycles. The molecule has 0 amide bonds. The maximum Gasteiger partial charge on any atom is 0.0125 e. The van der Waals surface area contributed by atoms with Gasteiger partial charge >= 0.3 is 0 Å². The summed E-state index contributed by atoms with van der Waals surface area (Å²) in [5.41, 5.74) is 0.355. The van der Waals surface area contributed by atoms with E-state index in [1.807, 2.05) is 0 Å². The first-order chi connectivity index (χ1) is 9.36. The van der Waals surface area contributed by atoms with Gasteiger partial charge in [-0.15, -0.1) is 0 Å². The number of hydrogen-bond donors (Lipinski definition) is 0. The Kier molecular flexibility index (Phi) is 5.49. The van der Waals surface area contributed by atoms with E-state index in [-0.39, 0.29) is 0 Å². The molecule has 0 spiro atoms. The largest absolute Gasteiger partial charge is 0.301 e. The Labute approximate surface area is 126 Å². The van der Waals surface area contributed by atoms with Gasteiger partial charge < -0.3 is 4.90 Å². The number of piperidine rings is 1. The zero-order valence-electron chi connectivity index (χ0n) is 14.4. The predicted molar refractivity (Wildman–Crippen MR) is 87.2 cm³/mol. The fourth-order valence-electron chi connectivity index (χ4n) is 3.61. The van der Waals surface area contributed by atoms with E-state index in [4.69, 9.17) is 0 Å². The van der Waals surface area contributed by atoms with E-state index >= 15 is 0 Å². The monoisotopic (exact) mass is 281 g/mol. The molecule has 0 atom stereocenters. The third kappa shape index (κ3) is 4.44. The van der Waals surface area contributed by atoms with Crippen molar-refractivity contribution in [2.45, 2.75) is 59.0 Å². The molecule has 3 nitrogen and oxygen atoms in total. The van der Waals surface area contributed by atoms with Crippen molar-refractivity contribution in [1.29, 1.82) is 0 Å². The van der Waals surface area contributed by atoms with E-state index in [1.165, 1.54) is 58.7 Å². The molecule has 0 N–H and O–H groups in total. The summed E-state index contributed by atoms with van der Waals surface area (Å²) in [7, 11) is 0. The molecule has 0 radical (unpaired) electrons.